The van der Waals surface area contributed by atoms with E-state index in [1.807, 2.05) is 0 Å². The van der Waals surface area contributed by atoms with Crippen LogP contribution in [-0.4, -0.2) is 58.1 Å². The van der Waals surface area contributed by atoms with Gasteiger partial charge in [-0.05, 0) is 35.0 Å². The van der Waals surface area contributed by atoms with Crippen LogP contribution in [0.1, 0.15) is 41.0 Å². The molecule has 0 spiro atoms. The summed E-state index contributed by atoms with van der Waals surface area (Å²) in [7, 11) is 0. The van der Waals surface area contributed by atoms with Crippen molar-refractivity contribution in [2.45, 2.75) is 19.5 Å². The molecule has 2 aliphatic rings. The van der Waals surface area contributed by atoms with E-state index >= 15 is 0 Å². The predicted octanol–water partition coefficient (Wildman–Crippen LogP) is 5.18. The minimum atomic E-state index is -1.24. The first kappa shape index (κ1) is 29.8. The SMILES string of the molecule is CCOC(=O)CF.Fc1cccc(C2OCCO2)c1Br.O=C(CF)c1c(F)cccc1C1OCCO1. The fourth-order valence-electron chi connectivity index (χ4n) is 3.08. The predicted molar refractivity (Wildman–Crippen MR) is 123 cm³/mol. The number of ether oxygens (including phenoxy) is 5. The number of Topliss-reactive ketones (excluding diaryl/α,β-unsaturated/α-hetero) is 1. The maximum atomic E-state index is 13.4. The fraction of sp³-hybridized carbons (Fsp3) is 0.417. The Kier molecular flexibility index (Phi) is 13.0. The van der Waals surface area contributed by atoms with E-state index < -0.39 is 43.5 Å². The van der Waals surface area contributed by atoms with Crippen LogP contribution in [-0.2, 0) is 28.5 Å². The van der Waals surface area contributed by atoms with E-state index in [2.05, 4.69) is 20.7 Å². The summed E-state index contributed by atoms with van der Waals surface area (Å²) in [6, 6.07) is 8.86. The highest BCUT2D eigenvalue weighted by molar-refractivity contribution is 9.10. The summed E-state index contributed by atoms with van der Waals surface area (Å²) in [6.07, 6.45) is -1.20. The number of hydrogen-bond donors (Lipinski definition) is 0. The number of rotatable bonds is 6. The first-order valence-corrected chi connectivity index (χ1v) is 11.6. The van der Waals surface area contributed by atoms with Crippen LogP contribution in [0.2, 0.25) is 0 Å². The van der Waals surface area contributed by atoms with Crippen molar-refractivity contribution in [1.29, 1.82) is 0 Å². The van der Waals surface area contributed by atoms with Crippen molar-refractivity contribution in [1.82, 2.24) is 0 Å². The van der Waals surface area contributed by atoms with Gasteiger partial charge in [0.05, 0.1) is 43.1 Å². The highest BCUT2D eigenvalue weighted by Gasteiger charge is 2.26. The minimum Gasteiger partial charge on any atom is -0.464 e. The standard InChI is InChI=1S/C11H10F2O3.C9H8BrFO2.C4H7FO2/c12-6-9(14)10-7(2-1-3-8(10)13)11-15-4-5-16-11;10-8-6(2-1-3-7(8)11)9-12-4-5-13-9;1-2-7-4(6)3-5/h1-3,11H,4-6H2;1-3,9H,4-5H2;2-3H2,1H3. The van der Waals surface area contributed by atoms with Crippen molar-refractivity contribution in [2.75, 3.05) is 46.4 Å². The molecule has 0 atom stereocenters. The number of hydrogen-bond acceptors (Lipinski definition) is 7. The number of carbonyl (C=O) groups is 2. The molecular weight excluding hydrogens is 556 g/mol. The molecule has 2 saturated heterocycles. The van der Waals surface area contributed by atoms with Crippen molar-refractivity contribution < 1.29 is 50.8 Å². The Bertz CT molecular complexity index is 996. The molecule has 0 radical (unpaired) electrons. The van der Waals surface area contributed by atoms with Crippen molar-refractivity contribution >= 4 is 27.7 Å². The lowest BCUT2D eigenvalue weighted by atomic mass is 10.0. The van der Waals surface area contributed by atoms with E-state index in [0.717, 1.165) is 6.07 Å². The van der Waals surface area contributed by atoms with E-state index in [-0.39, 0.29) is 23.6 Å². The minimum absolute atomic E-state index is 0.250. The van der Waals surface area contributed by atoms with Gasteiger partial charge >= 0.3 is 5.97 Å². The summed E-state index contributed by atoms with van der Waals surface area (Å²) in [5.74, 6) is -2.73. The maximum absolute atomic E-state index is 13.4. The third kappa shape index (κ3) is 8.63. The lowest BCUT2D eigenvalue weighted by Gasteiger charge is -2.13. The Hall–Kier alpha value is -2.38. The number of alkyl halides is 2. The maximum Gasteiger partial charge on any atom is 0.337 e. The molecular formula is C24H25BrF4O7. The molecule has 7 nitrogen and oxygen atoms in total. The second-order valence-electron chi connectivity index (χ2n) is 6.99. The van der Waals surface area contributed by atoms with Crippen LogP contribution < -0.4 is 0 Å². The summed E-state index contributed by atoms with van der Waals surface area (Å²) in [5.41, 5.74) is 0.676. The van der Waals surface area contributed by atoms with Gasteiger partial charge in [0.2, 0.25) is 0 Å². The molecule has 2 aliphatic heterocycles. The Morgan fingerprint density at radius 3 is 1.83 bits per heavy atom. The summed E-state index contributed by atoms with van der Waals surface area (Å²) in [5, 5.41) is 0. The van der Waals surface area contributed by atoms with Gasteiger partial charge in [0.15, 0.2) is 31.7 Å². The third-order valence-electron chi connectivity index (χ3n) is 4.59. The first-order valence-electron chi connectivity index (χ1n) is 10.8. The number of esters is 1. The topological polar surface area (TPSA) is 80.3 Å². The van der Waals surface area contributed by atoms with E-state index in [1.165, 1.54) is 18.2 Å². The van der Waals surface area contributed by atoms with Gasteiger partial charge in [-0.25, -0.2) is 22.4 Å². The van der Waals surface area contributed by atoms with Gasteiger partial charge in [-0.15, -0.1) is 0 Å². The average molecular weight is 581 g/mol. The molecule has 2 fully saturated rings. The lowest BCUT2D eigenvalue weighted by molar-refractivity contribution is -0.144. The third-order valence-corrected chi connectivity index (χ3v) is 5.43. The Labute approximate surface area is 213 Å². The van der Waals surface area contributed by atoms with Crippen LogP contribution >= 0.6 is 15.9 Å². The highest BCUT2D eigenvalue weighted by atomic mass is 79.9. The molecule has 0 amide bonds. The van der Waals surface area contributed by atoms with Crippen molar-refractivity contribution in [2.24, 2.45) is 0 Å². The zero-order valence-corrected chi connectivity index (χ0v) is 20.9. The first-order chi connectivity index (χ1) is 17.3. The van der Waals surface area contributed by atoms with E-state index in [1.54, 1.807) is 19.1 Å². The van der Waals surface area contributed by atoms with Crippen molar-refractivity contribution in [3.63, 3.8) is 0 Å². The van der Waals surface area contributed by atoms with Crippen LogP contribution in [0.4, 0.5) is 17.6 Å². The summed E-state index contributed by atoms with van der Waals surface area (Å²) < 4.78 is 75.4. The number of benzene rings is 2. The molecule has 2 heterocycles. The van der Waals surface area contributed by atoms with Crippen LogP contribution in [0.5, 0.6) is 0 Å². The zero-order chi connectivity index (χ0) is 26.5. The number of ketones is 1. The van der Waals surface area contributed by atoms with E-state index in [9.17, 15) is 27.2 Å². The van der Waals surface area contributed by atoms with Gasteiger partial charge in [0, 0.05) is 11.1 Å². The van der Waals surface area contributed by atoms with E-state index in [0.29, 0.717) is 36.5 Å². The summed E-state index contributed by atoms with van der Waals surface area (Å²) in [6.45, 7) is 1.51. The van der Waals surface area contributed by atoms with Gasteiger partial charge in [0.1, 0.15) is 11.6 Å². The molecule has 12 heteroatoms. The molecule has 0 aliphatic carbocycles. The van der Waals surface area contributed by atoms with Gasteiger partial charge in [-0.3, -0.25) is 4.79 Å². The molecule has 0 aromatic heterocycles. The Balaban J connectivity index is 0.000000205. The Morgan fingerprint density at radius 2 is 1.36 bits per heavy atom. The van der Waals surface area contributed by atoms with Crippen molar-refractivity contribution in [3.8, 4) is 0 Å². The molecule has 2 aromatic carbocycles. The second kappa shape index (κ2) is 15.7. The van der Waals surface area contributed by atoms with Gasteiger partial charge in [0.25, 0.3) is 0 Å². The van der Waals surface area contributed by atoms with Gasteiger partial charge in [-0.2, -0.15) is 0 Å². The normalized spacial score (nSPS) is 15.5. The molecule has 4 rings (SSSR count). The van der Waals surface area contributed by atoms with E-state index in [4.69, 9.17) is 18.9 Å². The molecule has 36 heavy (non-hydrogen) atoms. The second-order valence-corrected chi connectivity index (χ2v) is 7.78. The van der Waals surface area contributed by atoms with Crippen LogP contribution in [0.15, 0.2) is 40.9 Å². The molecule has 0 saturated carbocycles. The van der Waals surface area contributed by atoms with Crippen LogP contribution in [0, 0.1) is 11.6 Å². The zero-order valence-electron chi connectivity index (χ0n) is 19.3. The largest absolute Gasteiger partial charge is 0.464 e. The Morgan fingerprint density at radius 1 is 0.861 bits per heavy atom. The number of halogens is 5. The van der Waals surface area contributed by atoms with Crippen molar-refractivity contribution in [3.05, 3.63) is 69.2 Å². The number of carbonyl (C=O) groups excluding carboxylic acids is 2. The monoisotopic (exact) mass is 580 g/mol. The summed E-state index contributed by atoms with van der Waals surface area (Å²) in [4.78, 5) is 21.1. The quantitative estimate of drug-likeness (QED) is 0.265. The molecule has 0 N–H and O–H groups in total. The van der Waals surface area contributed by atoms with Gasteiger partial charge in [-0.1, -0.05) is 24.3 Å². The van der Waals surface area contributed by atoms with Gasteiger partial charge < -0.3 is 23.7 Å². The highest BCUT2D eigenvalue weighted by Crippen LogP contribution is 2.31. The average Bonchev–Trinajstić information content (AvgIpc) is 3.61. The molecule has 0 bridgehead atoms. The lowest BCUT2D eigenvalue weighted by Crippen LogP contribution is -2.12. The fourth-order valence-corrected chi connectivity index (χ4v) is 3.53. The smallest absolute Gasteiger partial charge is 0.337 e. The molecule has 2 aromatic rings. The van der Waals surface area contributed by atoms with Crippen LogP contribution in [0.3, 0.4) is 0 Å². The van der Waals surface area contributed by atoms with Crippen LogP contribution in [0.25, 0.3) is 0 Å². The molecule has 0 unspecified atom stereocenters. The summed E-state index contributed by atoms with van der Waals surface area (Å²) >= 11 is 3.16. The molecule has 198 valence electrons.